The van der Waals surface area contributed by atoms with E-state index in [0.717, 1.165) is 5.56 Å². The molecule has 92 valence electrons. The molecule has 1 unspecified atom stereocenters. The fourth-order valence-electron chi connectivity index (χ4n) is 1.39. The fraction of sp³-hybridized carbons (Fsp3) is 0.357. The number of ether oxygens (including phenoxy) is 2. The lowest BCUT2D eigenvalue weighted by Gasteiger charge is -2.16. The van der Waals surface area contributed by atoms with Gasteiger partial charge < -0.3 is 9.47 Å². The second kappa shape index (κ2) is 6.21. The summed E-state index contributed by atoms with van der Waals surface area (Å²) in [5.74, 6) is -0.381. The van der Waals surface area contributed by atoms with Crippen molar-refractivity contribution in [3.8, 4) is 0 Å². The van der Waals surface area contributed by atoms with Crippen molar-refractivity contribution in [3.05, 3.63) is 42.0 Å². The first-order valence-electron chi connectivity index (χ1n) is 5.62. The van der Waals surface area contributed by atoms with Gasteiger partial charge >= 0.3 is 5.97 Å². The molecule has 0 aliphatic heterocycles. The van der Waals surface area contributed by atoms with Crippen molar-refractivity contribution >= 4 is 12.0 Å². The van der Waals surface area contributed by atoms with Crippen LogP contribution in [0.4, 0.5) is 0 Å². The van der Waals surface area contributed by atoms with E-state index in [0.29, 0.717) is 5.56 Å². The van der Waals surface area contributed by atoms with Gasteiger partial charge in [-0.2, -0.15) is 0 Å². The monoisotopic (exact) mass is 234 g/mol. The van der Waals surface area contributed by atoms with Crippen LogP contribution in [0.15, 0.2) is 30.8 Å². The van der Waals surface area contributed by atoms with E-state index in [-0.39, 0.29) is 12.1 Å². The van der Waals surface area contributed by atoms with Crippen LogP contribution < -0.4 is 0 Å². The third kappa shape index (κ3) is 4.41. The molecular formula is C14H18O3. The number of hydrogen-bond donors (Lipinski definition) is 0. The van der Waals surface area contributed by atoms with Gasteiger partial charge in [-0.3, -0.25) is 0 Å². The van der Waals surface area contributed by atoms with Crippen LogP contribution in [0, 0.1) is 0 Å². The van der Waals surface area contributed by atoms with E-state index in [1.807, 2.05) is 26.0 Å². The van der Waals surface area contributed by atoms with Gasteiger partial charge in [0.2, 0.25) is 6.29 Å². The summed E-state index contributed by atoms with van der Waals surface area (Å²) in [7, 11) is 0. The van der Waals surface area contributed by atoms with Crippen molar-refractivity contribution in [2.75, 3.05) is 0 Å². The first kappa shape index (κ1) is 13.5. The van der Waals surface area contributed by atoms with Crippen LogP contribution in [0.25, 0.3) is 6.08 Å². The fourth-order valence-corrected chi connectivity index (χ4v) is 1.39. The van der Waals surface area contributed by atoms with E-state index in [4.69, 9.17) is 9.47 Å². The van der Waals surface area contributed by atoms with Crippen molar-refractivity contribution in [2.45, 2.75) is 33.2 Å². The predicted molar refractivity (Wildman–Crippen MR) is 67.6 cm³/mol. The second-order valence-corrected chi connectivity index (χ2v) is 3.98. The molecule has 0 heterocycles. The third-order valence-electron chi connectivity index (χ3n) is 2.12. The van der Waals surface area contributed by atoms with E-state index in [9.17, 15) is 4.79 Å². The van der Waals surface area contributed by atoms with Gasteiger partial charge in [0.25, 0.3) is 0 Å². The van der Waals surface area contributed by atoms with Gasteiger partial charge in [0.15, 0.2) is 0 Å². The maximum atomic E-state index is 11.7. The average molecular weight is 234 g/mol. The number of benzene rings is 1. The summed E-state index contributed by atoms with van der Waals surface area (Å²) in [4.78, 5) is 11.7. The Bertz CT molecular complexity index is 379. The Balaban J connectivity index is 2.60. The molecule has 0 spiro atoms. The zero-order valence-corrected chi connectivity index (χ0v) is 10.5. The van der Waals surface area contributed by atoms with Gasteiger partial charge in [0.1, 0.15) is 0 Å². The van der Waals surface area contributed by atoms with E-state index in [2.05, 4.69) is 6.58 Å². The third-order valence-corrected chi connectivity index (χ3v) is 2.12. The largest absolute Gasteiger partial charge is 0.432 e. The smallest absolute Gasteiger partial charge is 0.340 e. The van der Waals surface area contributed by atoms with E-state index in [1.165, 1.54) is 0 Å². The SMILES string of the molecule is C=Cc1ccc(C(=O)OC(C)OC(C)C)cc1. The van der Waals surface area contributed by atoms with E-state index < -0.39 is 6.29 Å². The highest BCUT2D eigenvalue weighted by Crippen LogP contribution is 2.09. The Kier molecular flexibility index (Phi) is 4.91. The topological polar surface area (TPSA) is 35.5 Å². The molecule has 0 aromatic heterocycles. The number of carbonyl (C=O) groups excluding carboxylic acids is 1. The lowest BCUT2D eigenvalue weighted by molar-refractivity contribution is -0.120. The van der Waals surface area contributed by atoms with Crippen LogP contribution >= 0.6 is 0 Å². The molecule has 1 aromatic rings. The summed E-state index contributed by atoms with van der Waals surface area (Å²) in [6.07, 6.45) is 1.21. The summed E-state index contributed by atoms with van der Waals surface area (Å²) < 4.78 is 10.5. The molecule has 0 aliphatic carbocycles. The van der Waals surface area contributed by atoms with Crippen LogP contribution in [0.5, 0.6) is 0 Å². The highest BCUT2D eigenvalue weighted by Gasteiger charge is 2.12. The maximum Gasteiger partial charge on any atom is 0.340 e. The Morgan fingerprint density at radius 3 is 2.29 bits per heavy atom. The number of hydrogen-bond acceptors (Lipinski definition) is 3. The zero-order valence-electron chi connectivity index (χ0n) is 10.5. The number of rotatable bonds is 5. The molecule has 17 heavy (non-hydrogen) atoms. The molecule has 1 rings (SSSR count). The normalized spacial score (nSPS) is 12.2. The van der Waals surface area contributed by atoms with Crippen molar-refractivity contribution < 1.29 is 14.3 Å². The Labute approximate surface area is 102 Å². The lowest BCUT2D eigenvalue weighted by atomic mass is 10.1. The molecule has 0 amide bonds. The average Bonchev–Trinajstić information content (AvgIpc) is 2.28. The van der Waals surface area contributed by atoms with Gasteiger partial charge in [-0.15, -0.1) is 0 Å². The van der Waals surface area contributed by atoms with Crippen LogP contribution in [0.2, 0.25) is 0 Å². The molecule has 1 atom stereocenters. The van der Waals surface area contributed by atoms with Gasteiger partial charge in [-0.05, 0) is 38.5 Å². The van der Waals surface area contributed by atoms with Gasteiger partial charge in [0, 0.05) is 0 Å². The van der Waals surface area contributed by atoms with E-state index >= 15 is 0 Å². The Hall–Kier alpha value is -1.61. The van der Waals surface area contributed by atoms with Gasteiger partial charge in [0.05, 0.1) is 11.7 Å². The minimum atomic E-state index is -0.540. The lowest BCUT2D eigenvalue weighted by Crippen LogP contribution is -2.21. The quantitative estimate of drug-likeness (QED) is 0.579. The van der Waals surface area contributed by atoms with Gasteiger partial charge in [-0.25, -0.2) is 4.79 Å². The minimum absolute atomic E-state index is 0.0286. The minimum Gasteiger partial charge on any atom is -0.432 e. The highest BCUT2D eigenvalue weighted by molar-refractivity contribution is 5.89. The number of esters is 1. The molecule has 0 fully saturated rings. The molecule has 0 radical (unpaired) electrons. The number of carbonyl (C=O) groups is 1. The Morgan fingerprint density at radius 2 is 1.82 bits per heavy atom. The molecule has 1 aromatic carbocycles. The van der Waals surface area contributed by atoms with Crippen LogP contribution in [-0.4, -0.2) is 18.4 Å². The van der Waals surface area contributed by atoms with Crippen LogP contribution in [-0.2, 0) is 9.47 Å². The van der Waals surface area contributed by atoms with Crippen molar-refractivity contribution in [1.29, 1.82) is 0 Å². The maximum absolute atomic E-state index is 11.7. The summed E-state index contributed by atoms with van der Waals surface area (Å²) >= 11 is 0. The van der Waals surface area contributed by atoms with E-state index in [1.54, 1.807) is 25.1 Å². The first-order chi connectivity index (χ1) is 8.02. The summed E-state index contributed by atoms with van der Waals surface area (Å²) in [5, 5.41) is 0. The summed E-state index contributed by atoms with van der Waals surface area (Å²) in [6, 6.07) is 7.05. The molecule has 0 aliphatic rings. The van der Waals surface area contributed by atoms with Crippen molar-refractivity contribution in [2.24, 2.45) is 0 Å². The van der Waals surface area contributed by atoms with Crippen molar-refractivity contribution in [3.63, 3.8) is 0 Å². The molecular weight excluding hydrogens is 216 g/mol. The molecule has 3 heteroatoms. The van der Waals surface area contributed by atoms with Crippen LogP contribution in [0.3, 0.4) is 0 Å². The van der Waals surface area contributed by atoms with Crippen LogP contribution in [0.1, 0.15) is 36.7 Å². The molecule has 3 nitrogen and oxygen atoms in total. The molecule has 0 saturated carbocycles. The molecule has 0 bridgehead atoms. The molecule has 0 N–H and O–H groups in total. The first-order valence-corrected chi connectivity index (χ1v) is 5.62. The standard InChI is InChI=1S/C14H18O3/c1-5-12-6-8-13(9-7-12)14(15)17-11(4)16-10(2)3/h5-11H,1H2,2-4H3. The van der Waals surface area contributed by atoms with Crippen molar-refractivity contribution in [1.82, 2.24) is 0 Å². The molecule has 0 saturated heterocycles. The predicted octanol–water partition coefficient (Wildman–Crippen LogP) is 3.26. The van der Waals surface area contributed by atoms with Gasteiger partial charge in [-0.1, -0.05) is 24.8 Å². The Morgan fingerprint density at radius 1 is 1.24 bits per heavy atom. The zero-order chi connectivity index (χ0) is 12.8. The summed E-state index contributed by atoms with van der Waals surface area (Å²) in [5.41, 5.74) is 1.47. The summed E-state index contributed by atoms with van der Waals surface area (Å²) in [6.45, 7) is 9.14. The highest BCUT2D eigenvalue weighted by atomic mass is 16.7. The second-order valence-electron chi connectivity index (χ2n) is 3.98.